The second-order valence-corrected chi connectivity index (χ2v) is 3.66. The molecule has 0 heterocycles. The molecule has 0 spiro atoms. The summed E-state index contributed by atoms with van der Waals surface area (Å²) < 4.78 is 0. The number of aromatic hydroxyl groups is 1. The first-order valence-corrected chi connectivity index (χ1v) is 5.03. The Morgan fingerprint density at radius 2 is 2.13 bits per heavy atom. The molecule has 0 aromatic heterocycles. The highest BCUT2D eigenvalue weighted by atomic mass is 16.3. The van der Waals surface area contributed by atoms with Gasteiger partial charge in [-0.2, -0.15) is 0 Å². The molecule has 1 aromatic carbocycles. The van der Waals surface area contributed by atoms with Gasteiger partial charge in [-0.05, 0) is 25.0 Å². The van der Waals surface area contributed by atoms with Crippen LogP contribution in [0.4, 0.5) is 5.69 Å². The van der Waals surface area contributed by atoms with E-state index >= 15 is 0 Å². The average Bonchev–Trinajstić information content (AvgIpc) is 2.17. The lowest BCUT2D eigenvalue weighted by Gasteiger charge is -2.14. The van der Waals surface area contributed by atoms with Gasteiger partial charge in [-0.15, -0.1) is 0 Å². The minimum atomic E-state index is 0.170. The maximum absolute atomic E-state index is 11.2. The molecule has 0 radical (unpaired) electrons. The van der Waals surface area contributed by atoms with Crippen molar-refractivity contribution in [3.05, 3.63) is 36.0 Å². The molecule has 1 aliphatic carbocycles. The standard InChI is InChI=1S/C12H13NO2/c14-11-5-1-3-9(7-11)13-10-4-2-6-12(15)8-10/h1,3,5,7-8,13-14H,2,4,6H2. The number of carbonyl (C=O) groups excluding carboxylic acids is 1. The highest BCUT2D eigenvalue weighted by Crippen LogP contribution is 2.21. The molecule has 3 nitrogen and oxygen atoms in total. The minimum Gasteiger partial charge on any atom is -0.508 e. The van der Waals surface area contributed by atoms with Crippen molar-refractivity contribution in [2.45, 2.75) is 19.3 Å². The first-order chi connectivity index (χ1) is 7.24. The molecule has 0 saturated heterocycles. The summed E-state index contributed by atoms with van der Waals surface area (Å²) in [6.07, 6.45) is 4.08. The van der Waals surface area contributed by atoms with Crippen LogP contribution in [0.1, 0.15) is 19.3 Å². The molecule has 78 valence electrons. The fraction of sp³-hybridized carbons (Fsp3) is 0.250. The molecule has 0 amide bonds. The Hall–Kier alpha value is -1.77. The Kier molecular flexibility index (Phi) is 2.72. The summed E-state index contributed by atoms with van der Waals surface area (Å²) in [5.74, 6) is 0.395. The van der Waals surface area contributed by atoms with Gasteiger partial charge in [0.25, 0.3) is 0 Å². The highest BCUT2D eigenvalue weighted by Gasteiger charge is 2.09. The molecule has 1 aromatic rings. The van der Waals surface area contributed by atoms with Crippen LogP contribution in [0.5, 0.6) is 5.75 Å². The van der Waals surface area contributed by atoms with Crippen molar-refractivity contribution >= 4 is 11.5 Å². The van der Waals surface area contributed by atoms with E-state index in [4.69, 9.17) is 0 Å². The van der Waals surface area contributed by atoms with Crippen LogP contribution < -0.4 is 5.32 Å². The molecule has 15 heavy (non-hydrogen) atoms. The number of nitrogens with one attached hydrogen (secondary N) is 1. The summed E-state index contributed by atoms with van der Waals surface area (Å²) in [6.45, 7) is 0. The Labute approximate surface area is 88.4 Å². The van der Waals surface area contributed by atoms with Crippen LogP contribution in [-0.4, -0.2) is 10.9 Å². The largest absolute Gasteiger partial charge is 0.508 e. The maximum atomic E-state index is 11.2. The van der Waals surface area contributed by atoms with Gasteiger partial charge in [0.1, 0.15) is 5.75 Å². The zero-order valence-corrected chi connectivity index (χ0v) is 8.36. The van der Waals surface area contributed by atoms with Crippen molar-refractivity contribution in [3.63, 3.8) is 0 Å². The summed E-state index contributed by atoms with van der Waals surface area (Å²) in [4.78, 5) is 11.2. The topological polar surface area (TPSA) is 49.3 Å². The number of hydrogen-bond acceptors (Lipinski definition) is 3. The van der Waals surface area contributed by atoms with Gasteiger partial charge in [0.2, 0.25) is 0 Å². The maximum Gasteiger partial charge on any atom is 0.157 e. The van der Waals surface area contributed by atoms with Crippen LogP contribution in [0.2, 0.25) is 0 Å². The smallest absolute Gasteiger partial charge is 0.157 e. The van der Waals surface area contributed by atoms with Crippen LogP contribution in [0.25, 0.3) is 0 Å². The molecule has 2 N–H and O–H groups in total. The third-order valence-electron chi connectivity index (χ3n) is 2.36. The first kappa shape index (κ1) is 9.77. The summed E-state index contributed by atoms with van der Waals surface area (Å²) in [6, 6.07) is 6.88. The Bertz CT molecular complexity index is 410. The second-order valence-electron chi connectivity index (χ2n) is 3.66. The van der Waals surface area contributed by atoms with Gasteiger partial charge in [0.15, 0.2) is 5.78 Å². The third-order valence-corrected chi connectivity index (χ3v) is 2.36. The van der Waals surface area contributed by atoms with E-state index in [9.17, 15) is 9.90 Å². The number of anilines is 1. The van der Waals surface area contributed by atoms with Crippen molar-refractivity contribution in [2.24, 2.45) is 0 Å². The van der Waals surface area contributed by atoms with Gasteiger partial charge in [0.05, 0.1) is 0 Å². The molecule has 0 aliphatic heterocycles. The number of phenols is 1. The van der Waals surface area contributed by atoms with Crippen LogP contribution in [-0.2, 0) is 4.79 Å². The molecule has 0 unspecified atom stereocenters. The SMILES string of the molecule is O=C1C=C(Nc2cccc(O)c2)CCC1. The van der Waals surface area contributed by atoms with Gasteiger partial charge in [-0.3, -0.25) is 4.79 Å². The first-order valence-electron chi connectivity index (χ1n) is 5.03. The summed E-state index contributed by atoms with van der Waals surface area (Å²) >= 11 is 0. The van der Waals surface area contributed by atoms with Crippen molar-refractivity contribution in [2.75, 3.05) is 5.32 Å². The van der Waals surface area contributed by atoms with E-state index < -0.39 is 0 Å². The zero-order chi connectivity index (χ0) is 10.7. The summed E-state index contributed by atoms with van der Waals surface area (Å²) in [5.41, 5.74) is 1.74. The second kappa shape index (κ2) is 4.17. The molecule has 1 aliphatic rings. The third kappa shape index (κ3) is 2.59. The molecule has 0 fully saturated rings. The van der Waals surface area contributed by atoms with E-state index in [2.05, 4.69) is 5.32 Å². The zero-order valence-electron chi connectivity index (χ0n) is 8.36. The molecule has 0 atom stereocenters. The van der Waals surface area contributed by atoms with Crippen LogP contribution in [0, 0.1) is 0 Å². The normalized spacial score (nSPS) is 16.0. The molecule has 0 saturated carbocycles. The number of phenolic OH excluding ortho intramolecular Hbond substituents is 1. The predicted octanol–water partition coefficient (Wildman–Crippen LogP) is 2.44. The number of allylic oxidation sites excluding steroid dienone is 2. The molecule has 2 rings (SSSR count). The Morgan fingerprint density at radius 3 is 2.87 bits per heavy atom. The molecular weight excluding hydrogens is 190 g/mol. The van der Waals surface area contributed by atoms with E-state index in [0.29, 0.717) is 6.42 Å². The minimum absolute atomic E-state index is 0.170. The number of hydrogen-bond donors (Lipinski definition) is 2. The van der Waals surface area contributed by atoms with Crippen molar-refractivity contribution in [1.29, 1.82) is 0 Å². The number of ketones is 1. The molecule has 3 heteroatoms. The molecular formula is C12H13NO2. The van der Waals surface area contributed by atoms with Gasteiger partial charge in [0, 0.05) is 29.9 Å². The highest BCUT2D eigenvalue weighted by molar-refractivity contribution is 5.91. The van der Waals surface area contributed by atoms with Crippen molar-refractivity contribution in [1.82, 2.24) is 0 Å². The van der Waals surface area contributed by atoms with E-state index in [-0.39, 0.29) is 11.5 Å². The lowest BCUT2D eigenvalue weighted by Crippen LogP contribution is -2.08. The fourth-order valence-electron chi connectivity index (χ4n) is 1.66. The van der Waals surface area contributed by atoms with Crippen LogP contribution in [0.3, 0.4) is 0 Å². The predicted molar refractivity (Wildman–Crippen MR) is 58.7 cm³/mol. The number of carbonyl (C=O) groups is 1. The van der Waals surface area contributed by atoms with Crippen molar-refractivity contribution in [3.8, 4) is 5.75 Å². The fourth-order valence-corrected chi connectivity index (χ4v) is 1.66. The lowest BCUT2D eigenvalue weighted by atomic mass is 10.0. The lowest BCUT2D eigenvalue weighted by molar-refractivity contribution is -0.115. The quantitative estimate of drug-likeness (QED) is 0.776. The molecule has 0 bridgehead atoms. The van der Waals surface area contributed by atoms with Gasteiger partial charge < -0.3 is 10.4 Å². The van der Waals surface area contributed by atoms with E-state index in [0.717, 1.165) is 24.2 Å². The van der Waals surface area contributed by atoms with Gasteiger partial charge >= 0.3 is 0 Å². The Morgan fingerprint density at radius 1 is 1.27 bits per heavy atom. The van der Waals surface area contributed by atoms with Crippen LogP contribution in [0.15, 0.2) is 36.0 Å². The van der Waals surface area contributed by atoms with Crippen LogP contribution >= 0.6 is 0 Å². The van der Waals surface area contributed by atoms with E-state index in [1.165, 1.54) is 0 Å². The van der Waals surface area contributed by atoms with E-state index in [1.54, 1.807) is 24.3 Å². The summed E-state index contributed by atoms with van der Waals surface area (Å²) in [7, 11) is 0. The Balaban J connectivity index is 2.11. The number of benzene rings is 1. The summed E-state index contributed by atoms with van der Waals surface area (Å²) in [5, 5.41) is 12.4. The van der Waals surface area contributed by atoms with Gasteiger partial charge in [-0.1, -0.05) is 6.07 Å². The van der Waals surface area contributed by atoms with E-state index in [1.807, 2.05) is 6.07 Å². The van der Waals surface area contributed by atoms with Gasteiger partial charge in [-0.25, -0.2) is 0 Å². The average molecular weight is 203 g/mol. The number of rotatable bonds is 2. The van der Waals surface area contributed by atoms with Crippen molar-refractivity contribution < 1.29 is 9.90 Å². The monoisotopic (exact) mass is 203 g/mol.